The van der Waals surface area contributed by atoms with Crippen LogP contribution in [-0.2, 0) is 0 Å². The van der Waals surface area contributed by atoms with Crippen molar-refractivity contribution in [2.45, 2.75) is 0 Å². The van der Waals surface area contributed by atoms with Crippen LogP contribution in [0.5, 0.6) is 0 Å². The lowest BCUT2D eigenvalue weighted by Gasteiger charge is -2.33. The van der Waals surface area contributed by atoms with Gasteiger partial charge >= 0.3 is 0 Å². The molecule has 0 bridgehead atoms. The van der Waals surface area contributed by atoms with Gasteiger partial charge < -0.3 is 9.80 Å². The summed E-state index contributed by atoms with van der Waals surface area (Å²) in [6.45, 7) is 4.32. The average molecular weight is 306 g/mol. The Morgan fingerprint density at radius 2 is 1.83 bits per heavy atom. The number of hydrogen-bond acceptors (Lipinski definition) is 3. The highest BCUT2D eigenvalue weighted by Gasteiger charge is 2.15. The van der Waals surface area contributed by atoms with E-state index >= 15 is 0 Å². The van der Waals surface area contributed by atoms with E-state index in [2.05, 4.69) is 51.0 Å². The predicted octanol–water partition coefficient (Wildman–Crippen LogP) is 2.75. The van der Waals surface area contributed by atoms with Crippen LogP contribution in [-0.4, -0.2) is 43.1 Å². The van der Waals surface area contributed by atoms with Gasteiger partial charge in [-0.25, -0.2) is 4.98 Å². The largest absolute Gasteiger partial charge is 0.354 e. The highest BCUT2D eigenvalue weighted by molar-refractivity contribution is 9.10. The summed E-state index contributed by atoms with van der Waals surface area (Å²) >= 11 is 3.58. The molecule has 1 fully saturated rings. The molecule has 0 aliphatic carbocycles. The summed E-state index contributed by atoms with van der Waals surface area (Å²) in [5.41, 5.74) is 1.05. The Morgan fingerprint density at radius 3 is 2.61 bits per heavy atom. The highest BCUT2D eigenvalue weighted by Crippen LogP contribution is 2.25. The second-order valence-corrected chi connectivity index (χ2v) is 5.63. The van der Waals surface area contributed by atoms with Crippen LogP contribution in [0.25, 0.3) is 10.9 Å². The van der Waals surface area contributed by atoms with Gasteiger partial charge in [0.25, 0.3) is 0 Å². The molecule has 1 aromatic heterocycles. The van der Waals surface area contributed by atoms with E-state index in [4.69, 9.17) is 4.98 Å². The maximum Gasteiger partial charge on any atom is 0.129 e. The van der Waals surface area contributed by atoms with Crippen LogP contribution in [0.15, 0.2) is 34.8 Å². The van der Waals surface area contributed by atoms with Crippen molar-refractivity contribution in [3.63, 3.8) is 0 Å². The second kappa shape index (κ2) is 4.86. The summed E-state index contributed by atoms with van der Waals surface area (Å²) < 4.78 is 1.07. The van der Waals surface area contributed by atoms with Gasteiger partial charge in [0.1, 0.15) is 5.82 Å². The quantitative estimate of drug-likeness (QED) is 0.807. The molecule has 2 aromatic rings. The van der Waals surface area contributed by atoms with E-state index in [1.807, 2.05) is 12.1 Å². The molecule has 1 saturated heterocycles. The minimum Gasteiger partial charge on any atom is -0.354 e. The van der Waals surface area contributed by atoms with Crippen LogP contribution in [0.3, 0.4) is 0 Å². The maximum absolute atomic E-state index is 4.78. The van der Waals surface area contributed by atoms with Crippen molar-refractivity contribution in [3.05, 3.63) is 34.8 Å². The number of pyridine rings is 1. The number of hydrogen-bond donors (Lipinski definition) is 0. The number of likely N-dealkylation sites (N-methyl/N-ethyl adjacent to an activating group) is 1. The number of aromatic nitrogens is 1. The zero-order valence-electron chi connectivity index (χ0n) is 10.4. The number of benzene rings is 1. The molecule has 3 rings (SSSR count). The number of nitrogens with zero attached hydrogens (tertiary/aromatic N) is 3. The fourth-order valence-electron chi connectivity index (χ4n) is 2.31. The molecule has 2 heterocycles. The summed E-state index contributed by atoms with van der Waals surface area (Å²) in [6.07, 6.45) is 0. The molecule has 0 amide bonds. The Balaban J connectivity index is 1.95. The Labute approximate surface area is 116 Å². The lowest BCUT2D eigenvalue weighted by molar-refractivity contribution is 0.312. The molecule has 1 aliphatic heterocycles. The average Bonchev–Trinajstić information content (AvgIpc) is 2.40. The summed E-state index contributed by atoms with van der Waals surface area (Å²) in [4.78, 5) is 9.50. The van der Waals surface area contributed by atoms with Crippen molar-refractivity contribution in [1.82, 2.24) is 9.88 Å². The van der Waals surface area contributed by atoms with Gasteiger partial charge in [0, 0.05) is 36.0 Å². The molecule has 1 aliphatic rings. The third kappa shape index (κ3) is 2.22. The van der Waals surface area contributed by atoms with Gasteiger partial charge in [0.05, 0.1) is 5.52 Å². The van der Waals surface area contributed by atoms with E-state index in [0.717, 1.165) is 42.0 Å². The van der Waals surface area contributed by atoms with E-state index in [1.165, 1.54) is 5.39 Å². The Morgan fingerprint density at radius 1 is 1.06 bits per heavy atom. The van der Waals surface area contributed by atoms with Crippen molar-refractivity contribution < 1.29 is 0 Å². The van der Waals surface area contributed by atoms with Crippen LogP contribution in [0.1, 0.15) is 0 Å². The van der Waals surface area contributed by atoms with Gasteiger partial charge in [-0.15, -0.1) is 0 Å². The van der Waals surface area contributed by atoms with Crippen molar-refractivity contribution >= 4 is 32.7 Å². The molecular formula is C14H16BrN3. The molecule has 0 unspecified atom stereocenters. The number of piperazine rings is 1. The first kappa shape index (κ1) is 11.9. The number of anilines is 1. The molecule has 0 saturated carbocycles. The van der Waals surface area contributed by atoms with Gasteiger partial charge in [-0.1, -0.05) is 12.1 Å². The minimum atomic E-state index is 1.05. The molecule has 0 atom stereocenters. The zero-order chi connectivity index (χ0) is 12.5. The first-order valence-corrected chi connectivity index (χ1v) is 7.02. The number of rotatable bonds is 1. The van der Waals surface area contributed by atoms with Gasteiger partial charge in [-0.3, -0.25) is 0 Å². The summed E-state index contributed by atoms with van der Waals surface area (Å²) in [7, 11) is 2.17. The highest BCUT2D eigenvalue weighted by atomic mass is 79.9. The molecule has 0 N–H and O–H groups in total. The van der Waals surface area contributed by atoms with E-state index < -0.39 is 0 Å². The summed E-state index contributed by atoms with van der Waals surface area (Å²) in [5.74, 6) is 1.09. The third-order valence-electron chi connectivity index (χ3n) is 3.48. The maximum atomic E-state index is 4.78. The van der Waals surface area contributed by atoms with E-state index in [-0.39, 0.29) is 0 Å². The monoisotopic (exact) mass is 305 g/mol. The molecule has 4 heteroatoms. The molecule has 0 radical (unpaired) electrons. The van der Waals surface area contributed by atoms with Crippen LogP contribution in [0.4, 0.5) is 5.82 Å². The molecule has 3 nitrogen and oxygen atoms in total. The number of halogens is 1. The zero-order valence-corrected chi connectivity index (χ0v) is 12.0. The number of fused-ring (bicyclic) bond motifs is 1. The van der Waals surface area contributed by atoms with Crippen molar-refractivity contribution in [2.24, 2.45) is 0 Å². The van der Waals surface area contributed by atoms with Crippen molar-refractivity contribution in [2.75, 3.05) is 38.1 Å². The van der Waals surface area contributed by atoms with Crippen LogP contribution in [0, 0.1) is 0 Å². The summed E-state index contributed by atoms with van der Waals surface area (Å²) in [6, 6.07) is 10.5. The predicted molar refractivity (Wildman–Crippen MR) is 79.2 cm³/mol. The SMILES string of the molecule is CN1CCN(c2ccc3cccc(Br)c3n2)CC1. The van der Waals surface area contributed by atoms with Crippen LogP contribution in [0.2, 0.25) is 0 Å². The van der Waals surface area contributed by atoms with E-state index in [9.17, 15) is 0 Å². The fraction of sp³-hybridized carbons (Fsp3) is 0.357. The second-order valence-electron chi connectivity index (χ2n) is 4.77. The van der Waals surface area contributed by atoms with E-state index in [1.54, 1.807) is 0 Å². The Bertz CT molecular complexity index is 562. The number of para-hydroxylation sites is 1. The first-order valence-electron chi connectivity index (χ1n) is 6.23. The van der Waals surface area contributed by atoms with Gasteiger partial charge in [-0.05, 0) is 41.2 Å². The lowest BCUT2D eigenvalue weighted by atomic mass is 10.2. The Hall–Kier alpha value is -1.13. The molecular weight excluding hydrogens is 290 g/mol. The first-order chi connectivity index (χ1) is 8.74. The van der Waals surface area contributed by atoms with Gasteiger partial charge in [-0.2, -0.15) is 0 Å². The smallest absolute Gasteiger partial charge is 0.129 e. The minimum absolute atomic E-state index is 1.05. The van der Waals surface area contributed by atoms with Gasteiger partial charge in [0.15, 0.2) is 0 Å². The summed E-state index contributed by atoms with van der Waals surface area (Å²) in [5, 5.41) is 1.18. The van der Waals surface area contributed by atoms with Crippen molar-refractivity contribution in [1.29, 1.82) is 0 Å². The molecule has 1 aromatic carbocycles. The van der Waals surface area contributed by atoms with Crippen LogP contribution >= 0.6 is 15.9 Å². The van der Waals surface area contributed by atoms with Crippen molar-refractivity contribution in [3.8, 4) is 0 Å². The van der Waals surface area contributed by atoms with E-state index in [0.29, 0.717) is 0 Å². The van der Waals surface area contributed by atoms with Gasteiger partial charge in [0.2, 0.25) is 0 Å². The molecule has 94 valence electrons. The third-order valence-corrected chi connectivity index (χ3v) is 4.12. The van der Waals surface area contributed by atoms with Crippen LogP contribution < -0.4 is 4.90 Å². The molecule has 0 spiro atoms. The topological polar surface area (TPSA) is 19.4 Å². The standard InChI is InChI=1S/C14H16BrN3/c1-17-7-9-18(10-8-17)13-6-5-11-3-2-4-12(15)14(11)16-13/h2-6H,7-10H2,1H3. The Kier molecular flexibility index (Phi) is 3.22. The molecule has 18 heavy (non-hydrogen) atoms. The lowest BCUT2D eigenvalue weighted by Crippen LogP contribution is -2.44. The fourth-order valence-corrected chi connectivity index (χ4v) is 2.78. The normalized spacial score (nSPS) is 17.3.